The van der Waals surface area contributed by atoms with E-state index in [0.717, 1.165) is 0 Å². The van der Waals surface area contributed by atoms with E-state index >= 15 is 0 Å². The molecule has 1 N–H and O–H groups in total. The summed E-state index contributed by atoms with van der Waals surface area (Å²) in [4.78, 5) is 10.4. The molecule has 1 saturated carbocycles. The highest BCUT2D eigenvalue weighted by molar-refractivity contribution is 6.31. The summed E-state index contributed by atoms with van der Waals surface area (Å²) in [5.74, 6) is -1.36. The summed E-state index contributed by atoms with van der Waals surface area (Å²) in [5, 5.41) is 14.1. The van der Waals surface area contributed by atoms with E-state index in [1.54, 1.807) is 0 Å². The Kier molecular flexibility index (Phi) is 4.61. The second kappa shape index (κ2) is 6.09. The van der Waals surface area contributed by atoms with Crippen LogP contribution in [0.1, 0.15) is 25.7 Å². The van der Waals surface area contributed by atoms with Gasteiger partial charge in [0.25, 0.3) is 5.69 Å². The Balaban J connectivity index is 2.14. The van der Waals surface area contributed by atoms with Crippen LogP contribution in [0.4, 0.5) is 24.5 Å². The first-order valence-electron chi connectivity index (χ1n) is 6.54. The van der Waals surface area contributed by atoms with Gasteiger partial charge >= 0.3 is 6.18 Å². The lowest BCUT2D eigenvalue weighted by Crippen LogP contribution is -2.34. The molecule has 0 spiro atoms. The fourth-order valence-electron chi connectivity index (χ4n) is 2.62. The Hall–Kier alpha value is -1.50. The van der Waals surface area contributed by atoms with Gasteiger partial charge in [0.1, 0.15) is 5.69 Å². The van der Waals surface area contributed by atoms with Crippen molar-refractivity contribution in [2.45, 2.75) is 37.9 Å². The van der Waals surface area contributed by atoms with Gasteiger partial charge in [0.05, 0.1) is 10.8 Å². The molecule has 1 aromatic carbocycles. The van der Waals surface area contributed by atoms with Gasteiger partial charge in [0, 0.05) is 17.1 Å². The van der Waals surface area contributed by atoms with Crippen LogP contribution in [0.2, 0.25) is 5.02 Å². The molecule has 2 unspecified atom stereocenters. The van der Waals surface area contributed by atoms with E-state index in [0.29, 0.717) is 17.9 Å². The van der Waals surface area contributed by atoms with Crippen molar-refractivity contribution in [1.82, 2.24) is 0 Å². The summed E-state index contributed by atoms with van der Waals surface area (Å²) in [6, 6.07) is 3.55. The van der Waals surface area contributed by atoms with Gasteiger partial charge in [-0.3, -0.25) is 10.1 Å². The molecule has 116 valence electrons. The summed E-state index contributed by atoms with van der Waals surface area (Å²) in [6.07, 6.45) is -3.19. The third-order valence-electron chi connectivity index (χ3n) is 3.65. The van der Waals surface area contributed by atoms with Crippen molar-refractivity contribution in [3.63, 3.8) is 0 Å². The molecule has 0 aliphatic heterocycles. The number of alkyl halides is 3. The molecule has 1 fully saturated rings. The van der Waals surface area contributed by atoms with E-state index in [1.165, 1.54) is 18.2 Å². The van der Waals surface area contributed by atoms with Gasteiger partial charge < -0.3 is 5.32 Å². The summed E-state index contributed by atoms with van der Waals surface area (Å²) >= 11 is 5.80. The van der Waals surface area contributed by atoms with Crippen molar-refractivity contribution in [3.05, 3.63) is 33.3 Å². The predicted molar refractivity (Wildman–Crippen MR) is 73.5 cm³/mol. The molecule has 0 aromatic heterocycles. The Bertz CT molecular complexity index is 537. The van der Waals surface area contributed by atoms with Gasteiger partial charge in [-0.15, -0.1) is 0 Å². The molecule has 0 radical (unpaired) electrons. The van der Waals surface area contributed by atoms with E-state index in [2.05, 4.69) is 5.32 Å². The number of hydrogen-bond donors (Lipinski definition) is 1. The van der Waals surface area contributed by atoms with Gasteiger partial charge in [-0.05, 0) is 31.4 Å². The minimum Gasteiger partial charge on any atom is -0.377 e. The second-order valence-corrected chi connectivity index (χ2v) is 5.60. The Labute approximate surface area is 124 Å². The Morgan fingerprint density at radius 1 is 1.33 bits per heavy atom. The van der Waals surface area contributed by atoms with Crippen molar-refractivity contribution in [2.24, 2.45) is 5.92 Å². The van der Waals surface area contributed by atoms with Crippen LogP contribution < -0.4 is 5.32 Å². The average Bonchev–Trinajstić information content (AvgIpc) is 2.37. The van der Waals surface area contributed by atoms with Crippen LogP contribution >= 0.6 is 11.6 Å². The van der Waals surface area contributed by atoms with Crippen LogP contribution in [0.25, 0.3) is 0 Å². The normalized spacial score (nSPS) is 22.9. The van der Waals surface area contributed by atoms with Crippen LogP contribution in [0.5, 0.6) is 0 Å². The number of rotatable bonds is 3. The molecule has 2 rings (SSSR count). The van der Waals surface area contributed by atoms with Crippen molar-refractivity contribution >= 4 is 23.0 Å². The molecular formula is C13H14ClF3N2O2. The fraction of sp³-hybridized carbons (Fsp3) is 0.538. The molecule has 1 aromatic rings. The number of hydrogen-bond acceptors (Lipinski definition) is 3. The fourth-order valence-corrected chi connectivity index (χ4v) is 2.79. The maximum Gasteiger partial charge on any atom is 0.391 e. The minimum absolute atomic E-state index is 0.0762. The summed E-state index contributed by atoms with van der Waals surface area (Å²) in [5.41, 5.74) is -0.0196. The zero-order valence-corrected chi connectivity index (χ0v) is 11.7. The third kappa shape index (κ3) is 4.00. The lowest BCUT2D eigenvalue weighted by Gasteiger charge is -2.31. The largest absolute Gasteiger partial charge is 0.391 e. The maximum absolute atomic E-state index is 12.8. The standard InChI is InChI=1S/C13H14ClF3N2O2/c14-9-4-5-12(19(20)21)11(7-9)18-10-3-1-2-8(6-10)13(15,16)17/h4-5,7-8,10,18H,1-3,6H2. The van der Waals surface area contributed by atoms with Gasteiger partial charge in [-0.25, -0.2) is 0 Å². The number of nitrogens with one attached hydrogen (secondary N) is 1. The number of halogens is 4. The van der Waals surface area contributed by atoms with Crippen molar-refractivity contribution in [2.75, 3.05) is 5.32 Å². The second-order valence-electron chi connectivity index (χ2n) is 5.16. The molecular weight excluding hydrogens is 309 g/mol. The minimum atomic E-state index is -4.22. The molecule has 0 amide bonds. The Morgan fingerprint density at radius 3 is 2.67 bits per heavy atom. The monoisotopic (exact) mass is 322 g/mol. The molecule has 4 nitrogen and oxygen atoms in total. The van der Waals surface area contributed by atoms with Gasteiger partial charge in [-0.2, -0.15) is 13.2 Å². The molecule has 0 heterocycles. The SMILES string of the molecule is O=[N+]([O-])c1ccc(Cl)cc1NC1CCCC(C(F)(F)F)C1. The number of nitrogens with zero attached hydrogens (tertiary/aromatic N) is 1. The van der Waals surface area contributed by atoms with E-state index in [-0.39, 0.29) is 24.2 Å². The van der Waals surface area contributed by atoms with E-state index < -0.39 is 23.1 Å². The molecule has 8 heteroatoms. The van der Waals surface area contributed by atoms with Gasteiger partial charge in [0.15, 0.2) is 0 Å². The van der Waals surface area contributed by atoms with Crippen LogP contribution in [-0.2, 0) is 0 Å². The lowest BCUT2D eigenvalue weighted by molar-refractivity contribution is -0.384. The number of benzene rings is 1. The average molecular weight is 323 g/mol. The number of nitro benzene ring substituents is 1. The summed E-state index contributed by atoms with van der Waals surface area (Å²) in [6.45, 7) is 0. The van der Waals surface area contributed by atoms with Crippen LogP contribution in [0.3, 0.4) is 0 Å². The predicted octanol–water partition coefficient (Wildman–Crippen LogP) is 4.78. The topological polar surface area (TPSA) is 55.2 Å². The number of anilines is 1. The highest BCUT2D eigenvalue weighted by Gasteiger charge is 2.42. The molecule has 0 saturated heterocycles. The van der Waals surface area contributed by atoms with Crippen molar-refractivity contribution < 1.29 is 18.1 Å². The Morgan fingerprint density at radius 2 is 2.05 bits per heavy atom. The van der Waals surface area contributed by atoms with Crippen LogP contribution in [0, 0.1) is 16.0 Å². The lowest BCUT2D eigenvalue weighted by atomic mass is 9.85. The zero-order chi connectivity index (χ0) is 15.6. The van der Waals surface area contributed by atoms with Crippen molar-refractivity contribution in [1.29, 1.82) is 0 Å². The first kappa shape index (κ1) is 15.9. The third-order valence-corrected chi connectivity index (χ3v) is 3.89. The highest BCUT2D eigenvalue weighted by atomic mass is 35.5. The molecule has 0 bridgehead atoms. The first-order valence-corrected chi connectivity index (χ1v) is 6.92. The summed E-state index contributed by atoms with van der Waals surface area (Å²) < 4.78 is 38.3. The smallest absolute Gasteiger partial charge is 0.377 e. The molecule has 1 aliphatic carbocycles. The van der Waals surface area contributed by atoms with E-state index in [1.807, 2.05) is 0 Å². The molecule has 1 aliphatic rings. The van der Waals surface area contributed by atoms with E-state index in [9.17, 15) is 23.3 Å². The van der Waals surface area contributed by atoms with E-state index in [4.69, 9.17) is 11.6 Å². The molecule has 2 atom stereocenters. The van der Waals surface area contributed by atoms with Crippen molar-refractivity contribution in [3.8, 4) is 0 Å². The highest BCUT2D eigenvalue weighted by Crippen LogP contribution is 2.39. The quantitative estimate of drug-likeness (QED) is 0.643. The maximum atomic E-state index is 12.8. The summed E-state index contributed by atoms with van der Waals surface area (Å²) in [7, 11) is 0. The van der Waals surface area contributed by atoms with Gasteiger partial charge in [-0.1, -0.05) is 18.0 Å². The first-order chi connectivity index (χ1) is 9.77. The van der Waals surface area contributed by atoms with Gasteiger partial charge in [0.2, 0.25) is 0 Å². The van der Waals surface area contributed by atoms with Crippen LogP contribution in [0.15, 0.2) is 18.2 Å². The van der Waals surface area contributed by atoms with Crippen LogP contribution in [-0.4, -0.2) is 17.1 Å². The molecule has 21 heavy (non-hydrogen) atoms. The number of nitro groups is 1. The zero-order valence-electron chi connectivity index (χ0n) is 11.0.